The van der Waals surface area contributed by atoms with E-state index in [0.29, 0.717) is 12.1 Å². The van der Waals surface area contributed by atoms with Gasteiger partial charge in [-0.15, -0.1) is 0 Å². The fourth-order valence-corrected chi connectivity index (χ4v) is 2.62. The number of nitrogens with zero attached hydrogens (tertiary/aromatic N) is 2. The van der Waals surface area contributed by atoms with E-state index in [1.165, 1.54) is 0 Å². The maximum absolute atomic E-state index is 12.1. The Morgan fingerprint density at radius 2 is 1.69 bits per heavy atom. The summed E-state index contributed by atoms with van der Waals surface area (Å²) < 4.78 is 0. The van der Waals surface area contributed by atoms with Gasteiger partial charge in [-0.05, 0) is 23.8 Å². The molecule has 2 heterocycles. The maximum Gasteiger partial charge on any atom is 0.220 e. The highest BCUT2D eigenvalue weighted by atomic mass is 16.2. The summed E-state index contributed by atoms with van der Waals surface area (Å²) in [5.74, 6) is -0.187. The first-order valence-corrected chi connectivity index (χ1v) is 8.43. The van der Waals surface area contributed by atoms with Crippen LogP contribution in [0.1, 0.15) is 28.8 Å². The number of carbonyl (C=O) groups is 2. The van der Waals surface area contributed by atoms with Crippen LogP contribution in [0.25, 0.3) is 11.3 Å². The molecular formula is C21H19N3O2. The number of ketones is 1. The molecule has 0 bridgehead atoms. The van der Waals surface area contributed by atoms with Gasteiger partial charge in [0, 0.05) is 49.1 Å². The molecule has 3 aromatic rings. The fraction of sp³-hybridized carbons (Fsp3) is 0.143. The summed E-state index contributed by atoms with van der Waals surface area (Å²) >= 11 is 0. The number of nitrogens with one attached hydrogen (secondary N) is 1. The second kappa shape index (κ2) is 8.67. The van der Waals surface area contributed by atoms with Gasteiger partial charge in [0.25, 0.3) is 0 Å². The third-order valence-electron chi connectivity index (χ3n) is 3.98. The average Bonchev–Trinajstić information content (AvgIpc) is 2.72. The first-order valence-electron chi connectivity index (χ1n) is 8.43. The van der Waals surface area contributed by atoms with Gasteiger partial charge < -0.3 is 5.32 Å². The first-order chi connectivity index (χ1) is 12.7. The molecule has 2 aromatic heterocycles. The minimum Gasteiger partial charge on any atom is -0.352 e. The molecule has 0 spiro atoms. The van der Waals surface area contributed by atoms with E-state index in [9.17, 15) is 9.59 Å². The van der Waals surface area contributed by atoms with Crippen molar-refractivity contribution in [2.75, 3.05) is 0 Å². The summed E-state index contributed by atoms with van der Waals surface area (Å²) in [6.07, 6.45) is 5.52. The standard InChI is InChI=1S/C21H19N3O2/c25-19(16-6-2-1-3-7-16)10-11-20(26)24-15-18-9-5-13-23-21(18)17-8-4-12-22-14-17/h1-9,12-14H,10-11,15H2,(H,24,26). The molecular weight excluding hydrogens is 326 g/mol. The number of Topliss-reactive ketones (excluding diaryl/α,β-unsaturated/α-hetero) is 1. The smallest absolute Gasteiger partial charge is 0.220 e. The molecule has 1 amide bonds. The van der Waals surface area contributed by atoms with Crippen LogP contribution in [0.5, 0.6) is 0 Å². The van der Waals surface area contributed by atoms with E-state index in [4.69, 9.17) is 0 Å². The van der Waals surface area contributed by atoms with Gasteiger partial charge in [0.15, 0.2) is 5.78 Å². The molecule has 1 N–H and O–H groups in total. The van der Waals surface area contributed by atoms with Crippen LogP contribution in [0.15, 0.2) is 73.2 Å². The van der Waals surface area contributed by atoms with Gasteiger partial charge >= 0.3 is 0 Å². The number of amides is 1. The fourth-order valence-electron chi connectivity index (χ4n) is 2.62. The van der Waals surface area contributed by atoms with Crippen molar-refractivity contribution in [3.8, 4) is 11.3 Å². The number of hydrogen-bond donors (Lipinski definition) is 1. The van der Waals surface area contributed by atoms with Gasteiger partial charge in [-0.25, -0.2) is 0 Å². The van der Waals surface area contributed by atoms with Crippen LogP contribution in [0.4, 0.5) is 0 Å². The largest absolute Gasteiger partial charge is 0.352 e. The minimum atomic E-state index is -0.157. The number of pyridine rings is 2. The molecule has 0 aliphatic carbocycles. The molecule has 0 unspecified atom stereocenters. The minimum absolute atomic E-state index is 0.0295. The topological polar surface area (TPSA) is 72.0 Å². The highest BCUT2D eigenvalue weighted by Gasteiger charge is 2.11. The Morgan fingerprint density at radius 3 is 2.46 bits per heavy atom. The van der Waals surface area contributed by atoms with Gasteiger partial charge in [-0.2, -0.15) is 0 Å². The van der Waals surface area contributed by atoms with Crippen LogP contribution >= 0.6 is 0 Å². The maximum atomic E-state index is 12.1. The molecule has 0 radical (unpaired) electrons. The molecule has 3 rings (SSSR count). The molecule has 0 aliphatic heterocycles. The van der Waals surface area contributed by atoms with Crippen LogP contribution in [0.2, 0.25) is 0 Å². The van der Waals surface area contributed by atoms with Gasteiger partial charge in [0.05, 0.1) is 5.69 Å². The van der Waals surface area contributed by atoms with E-state index in [-0.39, 0.29) is 24.5 Å². The summed E-state index contributed by atoms with van der Waals surface area (Å²) in [4.78, 5) is 32.7. The highest BCUT2D eigenvalue weighted by Crippen LogP contribution is 2.19. The lowest BCUT2D eigenvalue weighted by Gasteiger charge is -2.09. The molecule has 0 saturated carbocycles. The molecule has 5 heteroatoms. The highest BCUT2D eigenvalue weighted by molar-refractivity contribution is 5.97. The van der Waals surface area contributed by atoms with E-state index in [1.54, 1.807) is 30.7 Å². The lowest BCUT2D eigenvalue weighted by Crippen LogP contribution is -2.23. The molecule has 5 nitrogen and oxygen atoms in total. The summed E-state index contributed by atoms with van der Waals surface area (Å²) in [5, 5.41) is 2.86. The molecule has 0 saturated heterocycles. The van der Waals surface area contributed by atoms with Crippen molar-refractivity contribution < 1.29 is 9.59 Å². The third-order valence-corrected chi connectivity index (χ3v) is 3.98. The summed E-state index contributed by atoms with van der Waals surface area (Å²) in [7, 11) is 0. The Balaban J connectivity index is 1.56. The number of benzene rings is 1. The van der Waals surface area contributed by atoms with Crippen LogP contribution < -0.4 is 5.32 Å². The second-order valence-electron chi connectivity index (χ2n) is 5.82. The number of rotatable bonds is 7. The van der Waals surface area contributed by atoms with E-state index in [2.05, 4.69) is 15.3 Å². The van der Waals surface area contributed by atoms with E-state index in [1.807, 2.05) is 42.5 Å². The lowest BCUT2D eigenvalue weighted by molar-refractivity contribution is -0.121. The van der Waals surface area contributed by atoms with Crippen molar-refractivity contribution >= 4 is 11.7 Å². The zero-order chi connectivity index (χ0) is 18.2. The van der Waals surface area contributed by atoms with Crippen molar-refractivity contribution in [2.45, 2.75) is 19.4 Å². The van der Waals surface area contributed by atoms with Gasteiger partial charge in [0.1, 0.15) is 0 Å². The normalized spacial score (nSPS) is 10.3. The monoisotopic (exact) mass is 345 g/mol. The molecule has 0 fully saturated rings. The van der Waals surface area contributed by atoms with Crippen molar-refractivity contribution in [3.05, 3.63) is 84.3 Å². The SMILES string of the molecule is O=C(CCC(=O)c1ccccc1)NCc1cccnc1-c1cccnc1. The molecule has 130 valence electrons. The zero-order valence-electron chi connectivity index (χ0n) is 14.3. The van der Waals surface area contributed by atoms with Crippen molar-refractivity contribution in [3.63, 3.8) is 0 Å². The van der Waals surface area contributed by atoms with Crippen LogP contribution in [-0.4, -0.2) is 21.7 Å². The van der Waals surface area contributed by atoms with Gasteiger partial charge in [-0.3, -0.25) is 19.6 Å². The summed E-state index contributed by atoms with van der Waals surface area (Å²) in [5.41, 5.74) is 3.23. The van der Waals surface area contributed by atoms with Crippen LogP contribution in [0.3, 0.4) is 0 Å². The molecule has 26 heavy (non-hydrogen) atoms. The van der Waals surface area contributed by atoms with Gasteiger partial charge in [-0.1, -0.05) is 36.4 Å². The predicted molar refractivity (Wildman–Crippen MR) is 99.3 cm³/mol. The van der Waals surface area contributed by atoms with Crippen molar-refractivity contribution in [1.29, 1.82) is 0 Å². The number of carbonyl (C=O) groups excluding carboxylic acids is 2. The lowest BCUT2D eigenvalue weighted by atomic mass is 10.1. The Kier molecular flexibility index (Phi) is 5.83. The summed E-state index contributed by atoms with van der Waals surface area (Å²) in [6, 6.07) is 16.5. The predicted octanol–water partition coefficient (Wildman–Crippen LogP) is 3.42. The number of aromatic nitrogens is 2. The van der Waals surface area contributed by atoms with Crippen molar-refractivity contribution in [2.24, 2.45) is 0 Å². The molecule has 0 atom stereocenters. The van der Waals surface area contributed by atoms with E-state index in [0.717, 1.165) is 16.8 Å². The van der Waals surface area contributed by atoms with Crippen LogP contribution in [0, 0.1) is 0 Å². The summed E-state index contributed by atoms with van der Waals surface area (Å²) in [6.45, 7) is 0.358. The second-order valence-corrected chi connectivity index (χ2v) is 5.82. The molecule has 0 aliphatic rings. The zero-order valence-corrected chi connectivity index (χ0v) is 14.3. The quantitative estimate of drug-likeness (QED) is 0.666. The van der Waals surface area contributed by atoms with Gasteiger partial charge in [0.2, 0.25) is 5.91 Å². The Bertz CT molecular complexity index is 880. The first kappa shape index (κ1) is 17.5. The Morgan fingerprint density at radius 1 is 0.885 bits per heavy atom. The Hall–Kier alpha value is -3.34. The molecule has 1 aromatic carbocycles. The Labute approximate surface area is 152 Å². The third kappa shape index (κ3) is 4.60. The van der Waals surface area contributed by atoms with Crippen LogP contribution in [-0.2, 0) is 11.3 Å². The van der Waals surface area contributed by atoms with Crippen molar-refractivity contribution in [1.82, 2.24) is 15.3 Å². The number of hydrogen-bond acceptors (Lipinski definition) is 4. The van der Waals surface area contributed by atoms with E-state index >= 15 is 0 Å². The average molecular weight is 345 g/mol. The van der Waals surface area contributed by atoms with E-state index < -0.39 is 0 Å².